The Hall–Kier alpha value is -1.95. The summed E-state index contributed by atoms with van der Waals surface area (Å²) in [5, 5.41) is 2.74. The van der Waals surface area contributed by atoms with Gasteiger partial charge in [0.05, 0.1) is 27.4 Å². The van der Waals surface area contributed by atoms with Crippen LogP contribution in [0.15, 0.2) is 12.1 Å². The summed E-state index contributed by atoms with van der Waals surface area (Å²) in [6, 6.07) is 2.74. The number of nitrogens with one attached hydrogen (secondary N) is 1. The van der Waals surface area contributed by atoms with Crippen LogP contribution in [0.2, 0.25) is 0 Å². The molecule has 1 rings (SSSR count). The molecule has 0 unspecified atom stereocenters. The maximum atomic E-state index is 12.0. The van der Waals surface area contributed by atoms with Crippen LogP contribution < -0.4 is 25.3 Å². The van der Waals surface area contributed by atoms with Gasteiger partial charge in [0.2, 0.25) is 11.7 Å². The van der Waals surface area contributed by atoms with Gasteiger partial charge in [-0.2, -0.15) is 0 Å². The van der Waals surface area contributed by atoms with Gasteiger partial charge in [0, 0.05) is 17.8 Å². The molecule has 20 heavy (non-hydrogen) atoms. The fourth-order valence-corrected chi connectivity index (χ4v) is 1.68. The van der Waals surface area contributed by atoms with Gasteiger partial charge in [-0.25, -0.2) is 0 Å². The Balaban J connectivity index is 3.05. The van der Waals surface area contributed by atoms with Gasteiger partial charge in [-0.1, -0.05) is 13.8 Å². The summed E-state index contributed by atoms with van der Waals surface area (Å²) >= 11 is 0. The van der Waals surface area contributed by atoms with Crippen molar-refractivity contribution in [1.29, 1.82) is 0 Å². The molecule has 0 bridgehead atoms. The van der Waals surface area contributed by atoms with E-state index >= 15 is 0 Å². The van der Waals surface area contributed by atoms with Gasteiger partial charge >= 0.3 is 0 Å². The summed E-state index contributed by atoms with van der Waals surface area (Å²) in [5.41, 5.74) is 6.35. The number of nitrogens with two attached hydrogens (primary N) is 1. The number of anilines is 1. The lowest BCUT2D eigenvalue weighted by Crippen LogP contribution is -2.39. The molecule has 1 aromatic carbocycles. The third-order valence-corrected chi connectivity index (χ3v) is 2.95. The normalized spacial score (nSPS) is 11.9. The largest absolute Gasteiger partial charge is 0.493 e. The number of hydrogen-bond donors (Lipinski definition) is 2. The SMILES string of the molecule is COc1cc(NC(=O)[C@H](N)C(C)C)cc(OC)c1OC. The molecule has 0 aliphatic carbocycles. The maximum absolute atomic E-state index is 12.0. The van der Waals surface area contributed by atoms with Crippen LogP contribution in [0.3, 0.4) is 0 Å². The van der Waals surface area contributed by atoms with E-state index in [-0.39, 0.29) is 11.8 Å². The van der Waals surface area contributed by atoms with Crippen molar-refractivity contribution in [2.45, 2.75) is 19.9 Å². The number of carbonyl (C=O) groups excluding carboxylic acids is 1. The van der Waals surface area contributed by atoms with Crippen molar-refractivity contribution in [2.24, 2.45) is 11.7 Å². The highest BCUT2D eigenvalue weighted by atomic mass is 16.5. The van der Waals surface area contributed by atoms with Crippen LogP contribution in [0.4, 0.5) is 5.69 Å². The fourth-order valence-electron chi connectivity index (χ4n) is 1.68. The fraction of sp³-hybridized carbons (Fsp3) is 0.500. The standard InChI is InChI=1S/C14H22N2O4/c1-8(2)12(15)14(17)16-9-6-10(18-3)13(20-5)11(7-9)19-4/h6-8,12H,15H2,1-5H3,(H,16,17)/t12-/m1/s1. The molecule has 1 aromatic rings. The molecule has 1 atom stereocenters. The summed E-state index contributed by atoms with van der Waals surface area (Å²) in [7, 11) is 4.55. The smallest absolute Gasteiger partial charge is 0.241 e. The minimum Gasteiger partial charge on any atom is -0.493 e. The average Bonchev–Trinajstić information content (AvgIpc) is 2.44. The Labute approximate surface area is 119 Å². The average molecular weight is 282 g/mol. The topological polar surface area (TPSA) is 82.8 Å². The number of carbonyl (C=O) groups is 1. The van der Waals surface area contributed by atoms with Crippen molar-refractivity contribution in [3.8, 4) is 17.2 Å². The predicted octanol–water partition coefficient (Wildman–Crippen LogP) is 1.63. The lowest BCUT2D eigenvalue weighted by Gasteiger charge is -2.17. The van der Waals surface area contributed by atoms with E-state index in [4.69, 9.17) is 19.9 Å². The Morgan fingerprint density at radius 3 is 1.95 bits per heavy atom. The van der Waals surface area contributed by atoms with Gasteiger partial charge in [0.1, 0.15) is 0 Å². The van der Waals surface area contributed by atoms with Crippen molar-refractivity contribution in [1.82, 2.24) is 0 Å². The second-order valence-corrected chi connectivity index (χ2v) is 4.67. The van der Waals surface area contributed by atoms with E-state index in [1.807, 2.05) is 13.8 Å². The summed E-state index contributed by atoms with van der Waals surface area (Å²) in [6.07, 6.45) is 0. The Morgan fingerprint density at radius 1 is 1.10 bits per heavy atom. The van der Waals surface area contributed by atoms with Gasteiger partial charge in [-0.3, -0.25) is 4.79 Å². The third kappa shape index (κ3) is 3.54. The molecule has 6 heteroatoms. The maximum Gasteiger partial charge on any atom is 0.241 e. The Morgan fingerprint density at radius 2 is 1.60 bits per heavy atom. The monoisotopic (exact) mass is 282 g/mol. The Bertz CT molecular complexity index is 449. The molecule has 0 saturated heterocycles. The van der Waals surface area contributed by atoms with Crippen LogP contribution in [-0.4, -0.2) is 33.3 Å². The summed E-state index contributed by atoms with van der Waals surface area (Å²) in [6.45, 7) is 3.78. The van der Waals surface area contributed by atoms with Crippen LogP contribution in [0.5, 0.6) is 17.2 Å². The predicted molar refractivity (Wildman–Crippen MR) is 77.5 cm³/mol. The van der Waals surface area contributed by atoms with Gasteiger partial charge < -0.3 is 25.3 Å². The number of amides is 1. The lowest BCUT2D eigenvalue weighted by molar-refractivity contribution is -0.118. The van der Waals surface area contributed by atoms with E-state index in [1.54, 1.807) is 12.1 Å². The molecule has 112 valence electrons. The van der Waals surface area contributed by atoms with Crippen LogP contribution in [-0.2, 0) is 4.79 Å². The number of benzene rings is 1. The van der Waals surface area contributed by atoms with Crippen molar-refractivity contribution in [3.05, 3.63) is 12.1 Å². The van der Waals surface area contributed by atoms with Gasteiger partial charge in [-0.15, -0.1) is 0 Å². The van der Waals surface area contributed by atoms with Crippen LogP contribution in [0.25, 0.3) is 0 Å². The van der Waals surface area contributed by atoms with Crippen LogP contribution in [0.1, 0.15) is 13.8 Å². The van der Waals surface area contributed by atoms with E-state index in [0.717, 1.165) is 0 Å². The van der Waals surface area contributed by atoms with Crippen molar-refractivity contribution >= 4 is 11.6 Å². The molecule has 6 nitrogen and oxygen atoms in total. The molecule has 0 aliphatic heterocycles. The second-order valence-electron chi connectivity index (χ2n) is 4.67. The first kappa shape index (κ1) is 16.1. The number of methoxy groups -OCH3 is 3. The third-order valence-electron chi connectivity index (χ3n) is 2.95. The first-order valence-corrected chi connectivity index (χ1v) is 6.31. The van der Waals surface area contributed by atoms with Crippen molar-refractivity contribution < 1.29 is 19.0 Å². The molecule has 0 heterocycles. The summed E-state index contributed by atoms with van der Waals surface area (Å²) in [5.74, 6) is 1.22. The molecule has 0 radical (unpaired) electrons. The number of rotatable bonds is 6. The van der Waals surface area contributed by atoms with Crippen LogP contribution in [0, 0.1) is 5.92 Å². The quantitative estimate of drug-likeness (QED) is 0.828. The van der Waals surface area contributed by atoms with Crippen molar-refractivity contribution in [2.75, 3.05) is 26.6 Å². The first-order chi connectivity index (χ1) is 9.44. The molecule has 0 spiro atoms. The minimum atomic E-state index is -0.575. The lowest BCUT2D eigenvalue weighted by atomic mass is 10.0. The molecule has 0 fully saturated rings. The zero-order chi connectivity index (χ0) is 15.3. The van der Waals surface area contributed by atoms with E-state index in [0.29, 0.717) is 22.9 Å². The van der Waals surface area contributed by atoms with Gasteiger partial charge in [0.15, 0.2) is 11.5 Å². The molecule has 0 saturated carbocycles. The zero-order valence-electron chi connectivity index (χ0n) is 12.5. The van der Waals surface area contributed by atoms with E-state index in [9.17, 15) is 4.79 Å². The summed E-state index contributed by atoms with van der Waals surface area (Å²) < 4.78 is 15.7. The molecule has 3 N–H and O–H groups in total. The molecular formula is C14H22N2O4. The van der Waals surface area contributed by atoms with Gasteiger partial charge in [0.25, 0.3) is 0 Å². The van der Waals surface area contributed by atoms with E-state index in [1.165, 1.54) is 21.3 Å². The molecule has 1 amide bonds. The second kappa shape index (κ2) is 7.00. The highest BCUT2D eigenvalue weighted by Gasteiger charge is 2.19. The van der Waals surface area contributed by atoms with E-state index in [2.05, 4.69) is 5.32 Å². The van der Waals surface area contributed by atoms with Crippen molar-refractivity contribution in [3.63, 3.8) is 0 Å². The molecule has 0 aromatic heterocycles. The highest BCUT2D eigenvalue weighted by Crippen LogP contribution is 2.39. The van der Waals surface area contributed by atoms with Crippen LogP contribution >= 0.6 is 0 Å². The molecule has 0 aliphatic rings. The molecular weight excluding hydrogens is 260 g/mol. The Kier molecular flexibility index (Phi) is 5.64. The first-order valence-electron chi connectivity index (χ1n) is 6.31. The minimum absolute atomic E-state index is 0.0528. The van der Waals surface area contributed by atoms with E-state index < -0.39 is 6.04 Å². The zero-order valence-corrected chi connectivity index (χ0v) is 12.5. The number of hydrogen-bond acceptors (Lipinski definition) is 5. The number of ether oxygens (including phenoxy) is 3. The summed E-state index contributed by atoms with van der Waals surface area (Å²) in [4.78, 5) is 12.0. The highest BCUT2D eigenvalue weighted by molar-refractivity contribution is 5.95. The van der Waals surface area contributed by atoms with Gasteiger partial charge in [-0.05, 0) is 5.92 Å².